The van der Waals surface area contributed by atoms with Gasteiger partial charge in [-0.3, -0.25) is 19.6 Å². The summed E-state index contributed by atoms with van der Waals surface area (Å²) in [6.45, 7) is 7.43. The van der Waals surface area contributed by atoms with Crippen molar-refractivity contribution in [2.75, 3.05) is 0 Å². The summed E-state index contributed by atoms with van der Waals surface area (Å²) in [6.07, 6.45) is 15.9. The average molecular weight is 718 g/mol. The largest absolute Gasteiger partial charge is 0.331 e. The van der Waals surface area contributed by atoms with Crippen LogP contribution in [0.15, 0.2) is 49.1 Å². The first-order chi connectivity index (χ1) is 21.8. The van der Waals surface area contributed by atoms with Gasteiger partial charge in [0.2, 0.25) is 0 Å². The maximum atomic E-state index is 12.5. The predicted molar refractivity (Wildman–Crippen MR) is 181 cm³/mol. The van der Waals surface area contributed by atoms with Crippen LogP contribution in [0, 0.1) is 11.3 Å². The van der Waals surface area contributed by atoms with Gasteiger partial charge in [-0.15, -0.1) is 0 Å². The molecule has 10 nitrogen and oxygen atoms in total. The molecule has 0 fully saturated rings. The number of unbranched alkanes of at least 4 members (excludes halogenated alkanes) is 3. The van der Waals surface area contributed by atoms with Crippen LogP contribution in [0.5, 0.6) is 0 Å². The van der Waals surface area contributed by atoms with Crippen LogP contribution in [0.1, 0.15) is 77.0 Å². The van der Waals surface area contributed by atoms with Gasteiger partial charge in [-0.25, -0.2) is 4.98 Å². The summed E-state index contributed by atoms with van der Waals surface area (Å²) in [4.78, 5) is 29.3. The Morgan fingerprint density at radius 3 is 2.04 bits per heavy atom. The van der Waals surface area contributed by atoms with Gasteiger partial charge in [0.05, 0.1) is 29.3 Å². The van der Waals surface area contributed by atoms with E-state index in [1.807, 2.05) is 15.3 Å². The first-order valence-corrected chi connectivity index (χ1v) is 23.7. The third-order valence-corrected chi connectivity index (χ3v) is 23.6. The average Bonchev–Trinajstić information content (AvgIpc) is 3.82. The molecule has 0 saturated heterocycles. The number of aryl methyl sites for hydroxylation is 3. The van der Waals surface area contributed by atoms with Crippen LogP contribution < -0.4 is 9.03 Å². The Morgan fingerprint density at radius 2 is 1.49 bits per heavy atom. The number of aromatic nitrogens is 6. The molecule has 4 aromatic rings. The second-order valence-corrected chi connectivity index (χ2v) is 24.9. The molecule has 1 N–H and O–H groups in total. The number of imide groups is 1. The Kier molecular flexibility index (Phi) is 12.2. The standard InChI is InChI=1S/C18H14N6O2.C4H5N2.3C4H9.Sn/c1-23-9-5-13(22-23)15-14(17(25)21-18(15)26)12-10-24(8-3-6-19)16-11(12)4-2-7-20-16;1-6-4-2-3-5-6;3*1-3-4-2;/h2,4-5,7,9-10H,3,8H2,1H3,(H,21,25,26);2,4H,1H3;3*1,3-4H2,2H3;. The number of hydrogen-bond donors (Lipinski definition) is 1. The summed E-state index contributed by atoms with van der Waals surface area (Å²) in [5.74, 6) is -0.927. The Labute approximate surface area is 270 Å². The number of amides is 2. The zero-order valence-corrected chi connectivity index (χ0v) is 30.2. The molecule has 0 atom stereocenters. The SMILES string of the molecule is CCC[CH2][Sn]([CH2]CCC)([CH2]CCC)[c]1ccn(C)n1.Cn1ccc(C2=C(c3cn(CCC#N)c4ncccc34)C(=O)NC2=O)n1. The number of nitrogens with one attached hydrogen (secondary N) is 1. The molecular formula is C34H46N8O2Sn. The second kappa shape index (κ2) is 16.0. The van der Waals surface area contributed by atoms with Crippen molar-refractivity contribution in [1.29, 1.82) is 5.26 Å². The normalized spacial score (nSPS) is 13.2. The van der Waals surface area contributed by atoms with Gasteiger partial charge in [-0.1, -0.05) is 0 Å². The minimum Gasteiger partial charge on any atom is -0.331 e. The predicted octanol–water partition coefficient (Wildman–Crippen LogP) is 5.73. The molecule has 0 spiro atoms. The van der Waals surface area contributed by atoms with Crippen molar-refractivity contribution in [2.45, 2.75) is 85.6 Å². The number of fused-ring (bicyclic) bond motifs is 1. The van der Waals surface area contributed by atoms with Crippen LogP contribution in [0.2, 0.25) is 13.3 Å². The van der Waals surface area contributed by atoms with E-state index in [9.17, 15) is 9.59 Å². The Hall–Kier alpha value is -3.72. The Morgan fingerprint density at radius 1 is 0.867 bits per heavy atom. The molecule has 2 amide bonds. The number of nitrogens with zero attached hydrogens (tertiary/aromatic N) is 7. The Bertz CT molecular complexity index is 1670. The van der Waals surface area contributed by atoms with E-state index in [2.05, 4.69) is 61.6 Å². The summed E-state index contributed by atoms with van der Waals surface area (Å²) in [7, 11) is 3.82. The third-order valence-electron chi connectivity index (χ3n) is 8.55. The summed E-state index contributed by atoms with van der Waals surface area (Å²) >= 11 is -2.21. The zero-order chi connectivity index (χ0) is 32.4. The summed E-state index contributed by atoms with van der Waals surface area (Å²) < 4.78 is 11.5. The molecule has 0 unspecified atom stereocenters. The summed E-state index contributed by atoms with van der Waals surface area (Å²) in [6, 6.07) is 9.77. The topological polar surface area (TPSA) is 123 Å². The van der Waals surface area contributed by atoms with Crippen LogP contribution in [-0.2, 0) is 30.2 Å². The van der Waals surface area contributed by atoms with Crippen molar-refractivity contribution in [1.82, 2.24) is 34.4 Å². The number of nitriles is 1. The molecule has 0 saturated carbocycles. The molecule has 0 radical (unpaired) electrons. The van der Waals surface area contributed by atoms with E-state index >= 15 is 0 Å². The van der Waals surface area contributed by atoms with Gasteiger partial charge in [0.15, 0.2) is 0 Å². The number of carbonyl (C=O) groups excluding carboxylic acids is 2. The van der Waals surface area contributed by atoms with Crippen molar-refractivity contribution >= 4 is 56.1 Å². The van der Waals surface area contributed by atoms with Gasteiger partial charge >= 0.3 is 124 Å². The quantitative estimate of drug-likeness (QED) is 0.131. The van der Waals surface area contributed by atoms with Gasteiger partial charge in [0, 0.05) is 43.1 Å². The maximum absolute atomic E-state index is 12.5. The maximum Gasteiger partial charge on any atom is 0.261 e. The summed E-state index contributed by atoms with van der Waals surface area (Å²) in [5.41, 5.74) is 2.24. The van der Waals surface area contributed by atoms with Gasteiger partial charge in [-0.2, -0.15) is 10.4 Å². The van der Waals surface area contributed by atoms with Gasteiger partial charge in [-0.05, 0) is 18.2 Å². The van der Waals surface area contributed by atoms with Crippen molar-refractivity contribution in [3.63, 3.8) is 0 Å². The van der Waals surface area contributed by atoms with Crippen molar-refractivity contribution < 1.29 is 9.59 Å². The minimum absolute atomic E-state index is 0.249. The molecule has 0 bridgehead atoms. The minimum atomic E-state index is -2.21. The molecule has 0 aromatic carbocycles. The number of pyridine rings is 1. The fourth-order valence-corrected chi connectivity index (χ4v) is 21.6. The Balaban J connectivity index is 0.000000217. The van der Waals surface area contributed by atoms with E-state index in [1.54, 1.807) is 46.2 Å². The van der Waals surface area contributed by atoms with Crippen LogP contribution in [0.4, 0.5) is 0 Å². The van der Waals surface area contributed by atoms with Crippen LogP contribution in [-0.4, -0.2) is 59.3 Å². The molecule has 5 rings (SSSR count). The smallest absolute Gasteiger partial charge is 0.261 e. The van der Waals surface area contributed by atoms with E-state index in [1.165, 1.54) is 51.8 Å². The molecular weight excluding hydrogens is 671 g/mol. The molecule has 0 aliphatic carbocycles. The van der Waals surface area contributed by atoms with Crippen LogP contribution in [0.25, 0.3) is 22.2 Å². The third kappa shape index (κ3) is 7.93. The van der Waals surface area contributed by atoms with E-state index in [-0.39, 0.29) is 11.1 Å². The van der Waals surface area contributed by atoms with Gasteiger partial charge in [0.1, 0.15) is 5.65 Å². The molecule has 238 valence electrons. The van der Waals surface area contributed by atoms with Gasteiger partial charge < -0.3 is 4.57 Å². The number of carbonyl (C=O) groups is 2. The first-order valence-electron chi connectivity index (χ1n) is 16.2. The van der Waals surface area contributed by atoms with Crippen LogP contribution in [0.3, 0.4) is 0 Å². The van der Waals surface area contributed by atoms with Crippen molar-refractivity contribution in [3.05, 3.63) is 60.3 Å². The van der Waals surface area contributed by atoms with E-state index in [0.29, 0.717) is 29.9 Å². The fourth-order valence-electron chi connectivity index (χ4n) is 6.17. The molecule has 4 aromatic heterocycles. The van der Waals surface area contributed by atoms with E-state index in [4.69, 9.17) is 10.4 Å². The molecule has 1 aliphatic heterocycles. The van der Waals surface area contributed by atoms with E-state index < -0.39 is 30.2 Å². The fraction of sp³-hybridized carbons (Fsp3) is 0.471. The molecule has 11 heteroatoms. The second-order valence-electron chi connectivity index (χ2n) is 11.9. The van der Waals surface area contributed by atoms with E-state index in [0.717, 1.165) is 5.39 Å². The number of hydrogen-bond acceptors (Lipinski definition) is 6. The number of rotatable bonds is 14. The summed E-state index contributed by atoms with van der Waals surface area (Å²) in [5, 5.41) is 21.1. The van der Waals surface area contributed by atoms with Crippen LogP contribution >= 0.6 is 0 Å². The van der Waals surface area contributed by atoms with Gasteiger partial charge in [0.25, 0.3) is 11.8 Å². The molecule has 45 heavy (non-hydrogen) atoms. The van der Waals surface area contributed by atoms with Crippen molar-refractivity contribution in [2.24, 2.45) is 14.1 Å². The zero-order valence-electron chi connectivity index (χ0n) is 27.3. The molecule has 5 heterocycles. The van der Waals surface area contributed by atoms with Crippen molar-refractivity contribution in [3.8, 4) is 6.07 Å². The first kappa shape index (κ1) is 34.2. The monoisotopic (exact) mass is 718 g/mol. The molecule has 1 aliphatic rings.